The Morgan fingerprint density at radius 2 is 1.66 bits per heavy atom. The van der Waals surface area contributed by atoms with Crippen LogP contribution in [0.4, 0.5) is 9.18 Å². The van der Waals surface area contributed by atoms with Gasteiger partial charge in [-0.25, -0.2) is 14.0 Å². The number of hydrogen-bond donors (Lipinski definition) is 3. The van der Waals surface area contributed by atoms with Crippen molar-refractivity contribution >= 4 is 23.7 Å². The Balaban J connectivity index is 1.44. The van der Waals surface area contributed by atoms with Gasteiger partial charge in [-0.1, -0.05) is 60.1 Å². The summed E-state index contributed by atoms with van der Waals surface area (Å²) >= 11 is 5.74. The van der Waals surface area contributed by atoms with Crippen LogP contribution in [-0.2, 0) is 16.0 Å². The van der Waals surface area contributed by atoms with Crippen LogP contribution in [0.2, 0.25) is 5.02 Å². The first-order valence-electron chi connectivity index (χ1n) is 9.86. The second kappa shape index (κ2) is 8.88. The highest BCUT2D eigenvalue weighted by Crippen LogP contribution is 2.44. The first-order chi connectivity index (χ1) is 15.3. The van der Waals surface area contributed by atoms with Gasteiger partial charge in [0.1, 0.15) is 12.6 Å². The van der Waals surface area contributed by atoms with E-state index in [1.54, 1.807) is 0 Å². The molecule has 0 radical (unpaired) electrons. The molecule has 0 bridgehead atoms. The van der Waals surface area contributed by atoms with Gasteiger partial charge in [0.2, 0.25) is 0 Å². The molecule has 1 aliphatic rings. The maximum atomic E-state index is 13.7. The predicted molar refractivity (Wildman–Crippen MR) is 116 cm³/mol. The Labute approximate surface area is 188 Å². The van der Waals surface area contributed by atoms with Gasteiger partial charge in [0, 0.05) is 12.3 Å². The highest BCUT2D eigenvalue weighted by molar-refractivity contribution is 6.32. The monoisotopic (exact) mass is 455 g/mol. The molecule has 6 nitrogen and oxygen atoms in total. The Morgan fingerprint density at radius 1 is 1.06 bits per heavy atom. The molecular formula is C24H19ClFNO5. The lowest BCUT2D eigenvalue weighted by atomic mass is 9.98. The number of nitrogens with one attached hydrogen (secondary N) is 1. The molecule has 3 N–H and O–H groups in total. The summed E-state index contributed by atoms with van der Waals surface area (Å²) in [7, 11) is 0. The average molecular weight is 456 g/mol. The van der Waals surface area contributed by atoms with E-state index < -0.39 is 29.7 Å². The Bertz CT molecular complexity index is 1130. The van der Waals surface area contributed by atoms with Gasteiger partial charge in [-0.15, -0.1) is 0 Å². The van der Waals surface area contributed by atoms with Gasteiger partial charge in [0.05, 0.1) is 5.02 Å². The summed E-state index contributed by atoms with van der Waals surface area (Å²) in [5, 5.41) is 20.9. The molecule has 164 valence electrons. The van der Waals surface area contributed by atoms with Gasteiger partial charge >= 0.3 is 12.1 Å². The second-order valence-electron chi connectivity index (χ2n) is 7.47. The van der Waals surface area contributed by atoms with Crippen molar-refractivity contribution in [3.05, 3.63) is 88.2 Å². The molecule has 3 aromatic carbocycles. The number of fused-ring (bicyclic) bond motifs is 3. The van der Waals surface area contributed by atoms with Crippen LogP contribution >= 0.6 is 11.6 Å². The van der Waals surface area contributed by atoms with E-state index in [-0.39, 0.29) is 29.5 Å². The summed E-state index contributed by atoms with van der Waals surface area (Å²) < 4.78 is 19.1. The standard InChI is InChI=1S/C24H19ClFNO5/c25-19-9-13(10-20(26)22(19)28)11-21(23(29)30)27-24(31)32-12-18-16-7-3-1-5-14(16)15-6-2-4-8-17(15)18/h1-10,18,21,28H,11-12H2,(H,27,31)(H,29,30). The van der Waals surface area contributed by atoms with E-state index >= 15 is 0 Å². The van der Waals surface area contributed by atoms with Crippen molar-refractivity contribution in [1.29, 1.82) is 0 Å². The van der Waals surface area contributed by atoms with Crippen LogP contribution in [0, 0.1) is 5.82 Å². The van der Waals surface area contributed by atoms with Crippen molar-refractivity contribution in [2.45, 2.75) is 18.4 Å². The molecule has 0 aliphatic heterocycles. The first-order valence-corrected chi connectivity index (χ1v) is 10.2. The molecule has 0 saturated carbocycles. The van der Waals surface area contributed by atoms with Crippen molar-refractivity contribution in [2.75, 3.05) is 6.61 Å². The van der Waals surface area contributed by atoms with Gasteiger partial charge in [-0.3, -0.25) is 0 Å². The number of amides is 1. The van der Waals surface area contributed by atoms with E-state index in [9.17, 15) is 24.2 Å². The predicted octanol–water partition coefficient (Wildman–Crippen LogP) is 4.72. The minimum absolute atomic E-state index is 0.0336. The van der Waals surface area contributed by atoms with Crippen molar-refractivity contribution in [1.82, 2.24) is 5.32 Å². The first kappa shape index (κ1) is 21.6. The fourth-order valence-electron chi connectivity index (χ4n) is 3.95. The number of aromatic hydroxyl groups is 1. The van der Waals surface area contributed by atoms with E-state index in [2.05, 4.69) is 5.32 Å². The molecule has 0 aromatic heterocycles. The molecule has 0 spiro atoms. The van der Waals surface area contributed by atoms with E-state index in [1.165, 1.54) is 6.07 Å². The number of halogens is 2. The van der Waals surface area contributed by atoms with Crippen molar-refractivity contribution in [3.8, 4) is 16.9 Å². The number of phenols is 1. The normalized spacial score (nSPS) is 13.2. The van der Waals surface area contributed by atoms with Gasteiger partial charge in [0.25, 0.3) is 0 Å². The summed E-state index contributed by atoms with van der Waals surface area (Å²) in [6.07, 6.45) is -1.14. The van der Waals surface area contributed by atoms with Crippen LogP contribution in [0.5, 0.6) is 5.75 Å². The number of ether oxygens (including phenoxy) is 1. The largest absolute Gasteiger partial charge is 0.504 e. The number of carboxylic acid groups (broad SMARTS) is 1. The summed E-state index contributed by atoms with van der Waals surface area (Å²) in [6, 6.07) is 16.5. The summed E-state index contributed by atoms with van der Waals surface area (Å²) in [5.41, 5.74) is 4.42. The van der Waals surface area contributed by atoms with E-state index in [4.69, 9.17) is 16.3 Å². The van der Waals surface area contributed by atoms with Crippen molar-refractivity contribution < 1.29 is 28.9 Å². The molecular weight excluding hydrogens is 437 g/mol. The van der Waals surface area contributed by atoms with Gasteiger partial charge in [-0.2, -0.15) is 0 Å². The van der Waals surface area contributed by atoms with E-state index in [0.29, 0.717) is 0 Å². The third-order valence-corrected chi connectivity index (χ3v) is 5.74. The SMILES string of the molecule is O=C(NC(Cc1cc(F)c(O)c(Cl)c1)C(=O)O)OCC1c2ccccc2-c2ccccc21. The number of alkyl carbamates (subject to hydrolysis) is 1. The number of aliphatic carboxylic acids is 1. The zero-order valence-corrected chi connectivity index (χ0v) is 17.5. The molecule has 1 atom stereocenters. The Kier molecular flexibility index (Phi) is 6.01. The smallest absolute Gasteiger partial charge is 0.407 e. The maximum absolute atomic E-state index is 13.7. The van der Waals surface area contributed by atoms with Crippen LogP contribution in [0.15, 0.2) is 60.7 Å². The van der Waals surface area contributed by atoms with Crippen LogP contribution in [0.3, 0.4) is 0 Å². The van der Waals surface area contributed by atoms with Crippen molar-refractivity contribution in [3.63, 3.8) is 0 Å². The average Bonchev–Trinajstić information content (AvgIpc) is 3.09. The zero-order valence-electron chi connectivity index (χ0n) is 16.7. The van der Waals surface area contributed by atoms with E-state index in [0.717, 1.165) is 28.3 Å². The molecule has 0 saturated heterocycles. The quantitative estimate of drug-likeness (QED) is 0.500. The number of hydrogen-bond acceptors (Lipinski definition) is 4. The lowest BCUT2D eigenvalue weighted by molar-refractivity contribution is -0.139. The van der Waals surface area contributed by atoms with Crippen LogP contribution in [0.1, 0.15) is 22.6 Å². The number of carbonyl (C=O) groups is 2. The maximum Gasteiger partial charge on any atom is 0.407 e. The number of benzene rings is 3. The molecule has 1 unspecified atom stereocenters. The summed E-state index contributed by atoms with van der Waals surface area (Å²) in [6.45, 7) is 0.0336. The van der Waals surface area contributed by atoms with Crippen molar-refractivity contribution in [2.24, 2.45) is 0 Å². The molecule has 1 aliphatic carbocycles. The number of carboxylic acids is 1. The van der Waals surface area contributed by atoms with Gasteiger partial charge in [-0.05, 0) is 39.9 Å². The van der Waals surface area contributed by atoms with Crippen LogP contribution in [0.25, 0.3) is 11.1 Å². The summed E-state index contributed by atoms with van der Waals surface area (Å²) in [5.74, 6) is -3.17. The molecule has 0 heterocycles. The molecule has 32 heavy (non-hydrogen) atoms. The van der Waals surface area contributed by atoms with Crippen LogP contribution < -0.4 is 5.32 Å². The molecule has 1 amide bonds. The highest BCUT2D eigenvalue weighted by atomic mass is 35.5. The third-order valence-electron chi connectivity index (χ3n) is 5.45. The molecule has 4 rings (SSSR count). The molecule has 3 aromatic rings. The van der Waals surface area contributed by atoms with E-state index in [1.807, 2.05) is 48.5 Å². The van der Waals surface area contributed by atoms with Gasteiger partial charge in [0.15, 0.2) is 11.6 Å². The minimum Gasteiger partial charge on any atom is -0.504 e. The molecule has 0 fully saturated rings. The lowest BCUT2D eigenvalue weighted by Crippen LogP contribution is -2.42. The Morgan fingerprint density at radius 3 is 2.22 bits per heavy atom. The fraction of sp³-hybridized carbons (Fsp3) is 0.167. The molecule has 8 heteroatoms. The summed E-state index contributed by atoms with van der Waals surface area (Å²) in [4.78, 5) is 24.0. The highest BCUT2D eigenvalue weighted by Gasteiger charge is 2.30. The van der Waals surface area contributed by atoms with Crippen LogP contribution in [-0.4, -0.2) is 34.9 Å². The number of rotatable bonds is 6. The number of phenolic OH excluding ortho intramolecular Hbond substituents is 1. The fourth-order valence-corrected chi connectivity index (χ4v) is 4.18. The Hall–Kier alpha value is -3.58. The minimum atomic E-state index is -1.37. The zero-order chi connectivity index (χ0) is 22.8. The lowest BCUT2D eigenvalue weighted by Gasteiger charge is -2.18. The third kappa shape index (κ3) is 4.24. The number of carbonyl (C=O) groups excluding carboxylic acids is 1. The topological polar surface area (TPSA) is 95.9 Å². The van der Waals surface area contributed by atoms with Gasteiger partial charge < -0.3 is 20.3 Å². The second-order valence-corrected chi connectivity index (χ2v) is 7.88.